The second-order valence-corrected chi connectivity index (χ2v) is 9.96. The molecular formula is C26H21Cl2N3O6S. The van der Waals surface area contributed by atoms with Gasteiger partial charge in [0.1, 0.15) is 11.8 Å². The number of phenols is 1. The van der Waals surface area contributed by atoms with E-state index in [9.17, 15) is 29.4 Å². The second-order valence-electron chi connectivity index (χ2n) is 8.23. The maximum absolute atomic E-state index is 13.0. The number of benzene rings is 2. The van der Waals surface area contributed by atoms with E-state index in [1.165, 1.54) is 40.5 Å². The molecule has 0 spiro atoms. The molecule has 0 fully saturated rings. The van der Waals surface area contributed by atoms with Crippen molar-refractivity contribution >= 4 is 70.0 Å². The van der Waals surface area contributed by atoms with E-state index in [0.29, 0.717) is 28.1 Å². The van der Waals surface area contributed by atoms with Crippen LogP contribution >= 0.6 is 34.5 Å². The SMILES string of the molecule is O=C(NC[C@H](NC(=O)c1c(Cl)cc2c(c1Cl)CCN2C(=O)/C=C/c1ccccc1O)C(=O)O)c1cccs1. The molecule has 2 aromatic carbocycles. The summed E-state index contributed by atoms with van der Waals surface area (Å²) < 4.78 is 0. The second kappa shape index (κ2) is 11.7. The van der Waals surface area contributed by atoms with Gasteiger partial charge >= 0.3 is 5.97 Å². The first-order valence-electron chi connectivity index (χ1n) is 11.3. The number of nitrogens with zero attached hydrogens (tertiary/aromatic N) is 1. The van der Waals surface area contributed by atoms with Crippen molar-refractivity contribution in [2.24, 2.45) is 0 Å². The fraction of sp³-hybridized carbons (Fsp3) is 0.154. The van der Waals surface area contributed by atoms with Gasteiger partial charge < -0.3 is 25.7 Å². The molecule has 0 saturated carbocycles. The van der Waals surface area contributed by atoms with Crippen LogP contribution in [0, 0.1) is 0 Å². The number of halogens is 2. The number of fused-ring (bicyclic) bond motifs is 1. The molecule has 4 rings (SSSR count). The number of hydrogen-bond acceptors (Lipinski definition) is 6. The van der Waals surface area contributed by atoms with E-state index in [1.54, 1.807) is 35.7 Å². The van der Waals surface area contributed by atoms with Crippen molar-refractivity contribution in [3.63, 3.8) is 0 Å². The molecule has 2 heterocycles. The average Bonchev–Trinajstić information content (AvgIpc) is 3.56. The first kappa shape index (κ1) is 27.2. The summed E-state index contributed by atoms with van der Waals surface area (Å²) in [6, 6.07) is 9.84. The lowest BCUT2D eigenvalue weighted by molar-refractivity contribution is -0.139. The number of carbonyl (C=O) groups is 4. The Labute approximate surface area is 231 Å². The molecule has 0 saturated heterocycles. The van der Waals surface area contributed by atoms with Crippen molar-refractivity contribution in [2.45, 2.75) is 12.5 Å². The van der Waals surface area contributed by atoms with E-state index < -0.39 is 23.8 Å². The standard InChI is InChI=1S/C26H21Cl2N3O6S/c27-16-12-18-15(9-10-31(18)21(33)8-7-14-4-1-2-5-19(14)32)23(28)22(16)25(35)30-17(26(36)37)13-29-24(34)20-6-3-11-38-20/h1-8,11-12,17,32H,9-10,13H2,(H,29,34)(H,30,35)(H,36,37)/b8-7+/t17-/m0/s1. The van der Waals surface area contributed by atoms with Crippen LogP contribution in [0.15, 0.2) is 53.9 Å². The minimum Gasteiger partial charge on any atom is -0.507 e. The first-order valence-corrected chi connectivity index (χ1v) is 12.9. The van der Waals surface area contributed by atoms with Gasteiger partial charge in [0.15, 0.2) is 0 Å². The Morgan fingerprint density at radius 3 is 2.55 bits per heavy atom. The number of carboxylic acids is 1. The van der Waals surface area contributed by atoms with Crippen LogP contribution < -0.4 is 15.5 Å². The van der Waals surface area contributed by atoms with E-state index in [0.717, 1.165) is 0 Å². The third-order valence-electron chi connectivity index (χ3n) is 5.82. The summed E-state index contributed by atoms with van der Waals surface area (Å²) in [4.78, 5) is 51.6. The fourth-order valence-electron chi connectivity index (χ4n) is 3.91. The molecule has 1 aliphatic rings. The van der Waals surface area contributed by atoms with Crippen molar-refractivity contribution in [2.75, 3.05) is 18.0 Å². The zero-order chi connectivity index (χ0) is 27.4. The highest BCUT2D eigenvalue weighted by atomic mass is 35.5. The van der Waals surface area contributed by atoms with Gasteiger partial charge in [0.2, 0.25) is 0 Å². The van der Waals surface area contributed by atoms with Gasteiger partial charge in [-0.2, -0.15) is 0 Å². The van der Waals surface area contributed by atoms with Crippen LogP contribution in [-0.4, -0.2) is 53.0 Å². The minimum atomic E-state index is -1.44. The van der Waals surface area contributed by atoms with Crippen molar-refractivity contribution in [3.8, 4) is 5.75 Å². The number of aliphatic carboxylic acids is 1. The molecule has 1 aromatic heterocycles. The normalized spacial score (nSPS) is 13.3. The molecule has 38 heavy (non-hydrogen) atoms. The number of thiophene rings is 1. The Balaban J connectivity index is 1.50. The highest BCUT2D eigenvalue weighted by molar-refractivity contribution is 7.12. The number of carbonyl (C=O) groups excluding carboxylic acids is 3. The topological polar surface area (TPSA) is 136 Å². The highest BCUT2D eigenvalue weighted by Gasteiger charge is 2.31. The molecule has 12 heteroatoms. The Morgan fingerprint density at radius 2 is 1.87 bits per heavy atom. The molecule has 0 aliphatic carbocycles. The number of aromatic hydroxyl groups is 1. The van der Waals surface area contributed by atoms with Crippen LogP contribution in [0.25, 0.3) is 6.08 Å². The maximum Gasteiger partial charge on any atom is 0.328 e. The van der Waals surface area contributed by atoms with Crippen molar-refractivity contribution in [1.82, 2.24) is 10.6 Å². The van der Waals surface area contributed by atoms with Crippen LogP contribution in [0.1, 0.15) is 31.2 Å². The zero-order valence-electron chi connectivity index (χ0n) is 19.6. The van der Waals surface area contributed by atoms with Gasteiger partial charge in [0.05, 0.1) is 26.2 Å². The average molecular weight is 574 g/mol. The van der Waals surface area contributed by atoms with Crippen molar-refractivity contribution < 1.29 is 29.4 Å². The number of phenolic OH excluding ortho intramolecular Hbond substituents is 1. The van der Waals surface area contributed by atoms with E-state index >= 15 is 0 Å². The predicted molar refractivity (Wildman–Crippen MR) is 145 cm³/mol. The molecule has 3 aromatic rings. The smallest absolute Gasteiger partial charge is 0.328 e. The fourth-order valence-corrected chi connectivity index (χ4v) is 5.26. The van der Waals surface area contributed by atoms with Gasteiger partial charge in [0.25, 0.3) is 17.7 Å². The lowest BCUT2D eigenvalue weighted by atomic mass is 10.1. The number of anilines is 1. The predicted octanol–water partition coefficient (Wildman–Crippen LogP) is 3.98. The number of amides is 3. The molecule has 4 N–H and O–H groups in total. The molecule has 0 bridgehead atoms. The summed E-state index contributed by atoms with van der Waals surface area (Å²) in [5, 5.41) is 25.9. The van der Waals surface area contributed by atoms with Crippen molar-refractivity contribution in [1.29, 1.82) is 0 Å². The zero-order valence-corrected chi connectivity index (χ0v) is 21.9. The molecule has 1 atom stereocenters. The van der Waals surface area contributed by atoms with Crippen LogP contribution in [-0.2, 0) is 16.0 Å². The van der Waals surface area contributed by atoms with Crippen molar-refractivity contribution in [3.05, 3.63) is 85.5 Å². The lowest BCUT2D eigenvalue weighted by Gasteiger charge is -2.19. The highest BCUT2D eigenvalue weighted by Crippen LogP contribution is 2.40. The lowest BCUT2D eigenvalue weighted by Crippen LogP contribution is -2.48. The Kier molecular flexibility index (Phi) is 8.35. The summed E-state index contributed by atoms with van der Waals surface area (Å²) in [7, 11) is 0. The van der Waals surface area contributed by atoms with Crippen LogP contribution in [0.2, 0.25) is 10.0 Å². The van der Waals surface area contributed by atoms with Gasteiger partial charge in [0, 0.05) is 24.7 Å². The maximum atomic E-state index is 13.0. The molecule has 9 nitrogen and oxygen atoms in total. The summed E-state index contributed by atoms with van der Waals surface area (Å²) in [5.41, 5.74) is 1.30. The molecule has 1 aliphatic heterocycles. The third kappa shape index (κ3) is 5.83. The van der Waals surface area contributed by atoms with E-state index in [1.807, 2.05) is 0 Å². The number of rotatable bonds is 8. The molecule has 3 amide bonds. The number of nitrogens with one attached hydrogen (secondary N) is 2. The van der Waals surface area contributed by atoms with Gasteiger partial charge in [-0.3, -0.25) is 14.4 Å². The summed E-state index contributed by atoms with van der Waals surface area (Å²) >= 11 is 14.1. The van der Waals surface area contributed by atoms with E-state index in [2.05, 4.69) is 10.6 Å². The minimum absolute atomic E-state index is 0.0109. The monoisotopic (exact) mass is 573 g/mol. The van der Waals surface area contributed by atoms with Gasteiger partial charge in [-0.05, 0) is 41.6 Å². The third-order valence-corrected chi connectivity index (χ3v) is 7.41. The number of carboxylic acid groups (broad SMARTS) is 1. The summed E-state index contributed by atoms with van der Waals surface area (Å²) in [6.45, 7) is -0.0729. The van der Waals surface area contributed by atoms with E-state index in [-0.39, 0.29) is 40.4 Å². The van der Waals surface area contributed by atoms with Gasteiger partial charge in [-0.15, -0.1) is 11.3 Å². The number of hydrogen-bond donors (Lipinski definition) is 4. The largest absolute Gasteiger partial charge is 0.507 e. The molecule has 196 valence electrons. The molecule has 0 unspecified atom stereocenters. The quantitative estimate of drug-likeness (QED) is 0.301. The number of para-hydroxylation sites is 1. The van der Waals surface area contributed by atoms with Gasteiger partial charge in [-0.1, -0.05) is 47.5 Å². The summed E-state index contributed by atoms with van der Waals surface area (Å²) in [6.07, 6.45) is 3.15. The van der Waals surface area contributed by atoms with Crippen LogP contribution in [0.4, 0.5) is 5.69 Å². The Hall–Kier alpha value is -3.86. The van der Waals surface area contributed by atoms with Gasteiger partial charge in [-0.25, -0.2) is 4.79 Å². The summed E-state index contributed by atoms with van der Waals surface area (Å²) in [5.74, 6) is -2.99. The van der Waals surface area contributed by atoms with Crippen LogP contribution in [0.5, 0.6) is 5.75 Å². The first-order chi connectivity index (χ1) is 18.2. The van der Waals surface area contributed by atoms with E-state index in [4.69, 9.17) is 23.2 Å². The Morgan fingerprint density at radius 1 is 1.11 bits per heavy atom. The molecular weight excluding hydrogens is 553 g/mol. The Bertz CT molecular complexity index is 1440. The molecule has 0 radical (unpaired) electrons. The van der Waals surface area contributed by atoms with Crippen LogP contribution in [0.3, 0.4) is 0 Å².